The maximum Gasteiger partial charge on any atom is 0.376 e. The largest absolute Gasteiger partial charge is 0.457 e. The van der Waals surface area contributed by atoms with Crippen molar-refractivity contribution in [1.29, 1.82) is 0 Å². The second kappa shape index (κ2) is 7.50. The van der Waals surface area contributed by atoms with Crippen LogP contribution in [-0.4, -0.2) is 17.9 Å². The lowest BCUT2D eigenvalue weighted by atomic mass is 10.1. The van der Waals surface area contributed by atoms with Gasteiger partial charge in [-0.25, -0.2) is 4.79 Å². The summed E-state index contributed by atoms with van der Waals surface area (Å²) < 4.78 is 11.0. The molecule has 3 aromatic rings. The van der Waals surface area contributed by atoms with Gasteiger partial charge in [0.05, 0.1) is 6.26 Å². The summed E-state index contributed by atoms with van der Waals surface area (Å²) in [5, 5.41) is 2.90. The topological polar surface area (TPSA) is 68.5 Å². The van der Waals surface area contributed by atoms with Crippen LogP contribution in [0.3, 0.4) is 0 Å². The van der Waals surface area contributed by atoms with Crippen molar-refractivity contribution < 1.29 is 18.7 Å². The molecule has 27 heavy (non-hydrogen) atoms. The van der Waals surface area contributed by atoms with Crippen molar-refractivity contribution in [2.24, 2.45) is 0 Å². The second-order valence-electron chi connectivity index (χ2n) is 6.51. The van der Waals surface area contributed by atoms with Gasteiger partial charge in [0.2, 0.25) is 11.9 Å². The van der Waals surface area contributed by atoms with E-state index in [1.165, 1.54) is 6.26 Å². The van der Waals surface area contributed by atoms with Crippen LogP contribution >= 0.6 is 0 Å². The summed E-state index contributed by atoms with van der Waals surface area (Å²) in [4.78, 5) is 25.4. The van der Waals surface area contributed by atoms with E-state index in [0.717, 1.165) is 18.4 Å². The standard InChI is InChI=1S/C22H19NO4/c24-21(23-17-11-12-17)19(16-9-5-2-6-10-16)27-22(25)20-18(13-14-26-20)15-7-3-1-4-8-15/h1-10,13-14,17,19H,11-12H2,(H,23,24). The lowest BCUT2D eigenvalue weighted by Gasteiger charge is -2.17. The van der Waals surface area contributed by atoms with Crippen LogP contribution < -0.4 is 5.32 Å². The van der Waals surface area contributed by atoms with E-state index in [2.05, 4.69) is 5.32 Å². The lowest BCUT2D eigenvalue weighted by molar-refractivity contribution is -0.130. The molecule has 1 saturated carbocycles. The average molecular weight is 361 g/mol. The van der Waals surface area contributed by atoms with Crippen molar-refractivity contribution in [1.82, 2.24) is 5.32 Å². The van der Waals surface area contributed by atoms with Crippen LogP contribution in [0, 0.1) is 0 Å². The first-order valence-electron chi connectivity index (χ1n) is 8.91. The van der Waals surface area contributed by atoms with Gasteiger partial charge >= 0.3 is 5.97 Å². The van der Waals surface area contributed by atoms with Crippen LogP contribution in [0.1, 0.15) is 35.1 Å². The van der Waals surface area contributed by atoms with Gasteiger partial charge in [0, 0.05) is 17.2 Å². The highest BCUT2D eigenvalue weighted by Crippen LogP contribution is 2.28. The van der Waals surface area contributed by atoms with Gasteiger partial charge in [0.15, 0.2) is 0 Å². The average Bonchev–Trinajstić information content (AvgIpc) is 3.38. The first kappa shape index (κ1) is 17.1. The molecule has 2 aromatic carbocycles. The second-order valence-corrected chi connectivity index (χ2v) is 6.51. The monoisotopic (exact) mass is 361 g/mol. The SMILES string of the molecule is O=C(OC(C(=O)NC1CC1)c1ccccc1)c1occc1-c1ccccc1. The Morgan fingerprint density at radius 1 is 0.963 bits per heavy atom. The minimum atomic E-state index is -1.02. The minimum absolute atomic E-state index is 0.0846. The Balaban J connectivity index is 1.59. The molecule has 4 rings (SSSR count). The Morgan fingerprint density at radius 2 is 1.63 bits per heavy atom. The number of nitrogens with one attached hydrogen (secondary N) is 1. The van der Waals surface area contributed by atoms with Gasteiger partial charge in [0.25, 0.3) is 5.91 Å². The third-order valence-electron chi connectivity index (χ3n) is 4.42. The molecule has 5 nitrogen and oxygen atoms in total. The molecule has 0 radical (unpaired) electrons. The fraction of sp³-hybridized carbons (Fsp3) is 0.182. The highest BCUT2D eigenvalue weighted by molar-refractivity contribution is 5.96. The molecule has 1 N–H and O–H groups in total. The summed E-state index contributed by atoms with van der Waals surface area (Å²) in [7, 11) is 0. The van der Waals surface area contributed by atoms with Crippen LogP contribution in [0.5, 0.6) is 0 Å². The number of furan rings is 1. The van der Waals surface area contributed by atoms with E-state index >= 15 is 0 Å². The van der Waals surface area contributed by atoms with Crippen molar-refractivity contribution in [3.8, 4) is 11.1 Å². The fourth-order valence-electron chi connectivity index (χ4n) is 2.88. The van der Waals surface area contributed by atoms with E-state index < -0.39 is 12.1 Å². The van der Waals surface area contributed by atoms with Crippen molar-refractivity contribution >= 4 is 11.9 Å². The van der Waals surface area contributed by atoms with E-state index in [-0.39, 0.29) is 17.7 Å². The number of hydrogen-bond donors (Lipinski definition) is 1. The Morgan fingerprint density at radius 3 is 2.30 bits per heavy atom. The molecule has 1 fully saturated rings. The van der Waals surface area contributed by atoms with E-state index in [0.29, 0.717) is 11.1 Å². The van der Waals surface area contributed by atoms with Crippen LogP contribution in [0.25, 0.3) is 11.1 Å². The highest BCUT2D eigenvalue weighted by Gasteiger charge is 2.32. The number of carbonyl (C=O) groups excluding carboxylic acids is 2. The van der Waals surface area contributed by atoms with Gasteiger partial charge in [-0.3, -0.25) is 4.79 Å². The molecule has 1 aromatic heterocycles. The summed E-state index contributed by atoms with van der Waals surface area (Å²) in [5.74, 6) is -0.898. The lowest BCUT2D eigenvalue weighted by Crippen LogP contribution is -2.33. The molecule has 1 amide bonds. The molecule has 0 bridgehead atoms. The van der Waals surface area contributed by atoms with E-state index in [1.807, 2.05) is 48.5 Å². The number of ether oxygens (including phenoxy) is 1. The number of benzene rings is 2. The quantitative estimate of drug-likeness (QED) is 0.671. The molecule has 1 aliphatic carbocycles. The molecule has 0 saturated heterocycles. The number of esters is 1. The molecule has 1 unspecified atom stereocenters. The zero-order chi connectivity index (χ0) is 18.6. The van der Waals surface area contributed by atoms with E-state index in [1.54, 1.807) is 18.2 Å². The number of hydrogen-bond acceptors (Lipinski definition) is 4. The molecular formula is C22H19NO4. The fourth-order valence-corrected chi connectivity index (χ4v) is 2.88. The van der Waals surface area contributed by atoms with Crippen LogP contribution in [-0.2, 0) is 9.53 Å². The van der Waals surface area contributed by atoms with Crippen LogP contribution in [0.4, 0.5) is 0 Å². The predicted octanol–water partition coefficient (Wildman–Crippen LogP) is 4.12. The summed E-state index contributed by atoms with van der Waals surface area (Å²) in [6, 6.07) is 20.3. The van der Waals surface area contributed by atoms with Crippen molar-refractivity contribution in [3.05, 3.63) is 84.3 Å². The van der Waals surface area contributed by atoms with E-state index in [9.17, 15) is 9.59 Å². The molecule has 0 spiro atoms. The summed E-state index contributed by atoms with van der Waals surface area (Å²) >= 11 is 0. The van der Waals surface area contributed by atoms with Gasteiger partial charge in [-0.1, -0.05) is 60.7 Å². The van der Waals surface area contributed by atoms with Gasteiger partial charge in [-0.05, 0) is 24.5 Å². The smallest absolute Gasteiger partial charge is 0.376 e. The van der Waals surface area contributed by atoms with Gasteiger partial charge < -0.3 is 14.5 Å². The Labute approximate surface area is 157 Å². The minimum Gasteiger partial charge on any atom is -0.457 e. The van der Waals surface area contributed by atoms with Gasteiger partial charge in [-0.15, -0.1) is 0 Å². The first-order valence-corrected chi connectivity index (χ1v) is 8.91. The summed E-state index contributed by atoms with van der Waals surface area (Å²) in [6.45, 7) is 0. The van der Waals surface area contributed by atoms with Crippen molar-refractivity contribution in [2.75, 3.05) is 0 Å². The van der Waals surface area contributed by atoms with Gasteiger partial charge in [-0.2, -0.15) is 0 Å². The predicted molar refractivity (Wildman–Crippen MR) is 99.9 cm³/mol. The molecule has 5 heteroatoms. The maximum atomic E-state index is 12.8. The number of carbonyl (C=O) groups is 2. The van der Waals surface area contributed by atoms with Crippen molar-refractivity contribution in [2.45, 2.75) is 25.0 Å². The third-order valence-corrected chi connectivity index (χ3v) is 4.42. The molecule has 1 heterocycles. The van der Waals surface area contributed by atoms with Crippen LogP contribution in [0.15, 0.2) is 77.4 Å². The first-order chi connectivity index (χ1) is 13.2. The normalized spacial score (nSPS) is 14.4. The van der Waals surface area contributed by atoms with Crippen LogP contribution in [0.2, 0.25) is 0 Å². The molecular weight excluding hydrogens is 342 g/mol. The molecule has 1 atom stereocenters. The zero-order valence-corrected chi connectivity index (χ0v) is 14.6. The molecule has 1 aliphatic rings. The molecule has 0 aliphatic heterocycles. The number of amides is 1. The Bertz CT molecular complexity index is 929. The zero-order valence-electron chi connectivity index (χ0n) is 14.6. The van der Waals surface area contributed by atoms with Crippen molar-refractivity contribution in [3.63, 3.8) is 0 Å². The highest BCUT2D eigenvalue weighted by atomic mass is 16.6. The third kappa shape index (κ3) is 3.92. The van der Waals surface area contributed by atoms with Gasteiger partial charge in [0.1, 0.15) is 0 Å². The van der Waals surface area contributed by atoms with E-state index in [4.69, 9.17) is 9.15 Å². The Hall–Kier alpha value is -3.34. The number of rotatable bonds is 6. The Kier molecular flexibility index (Phi) is 4.75. The summed E-state index contributed by atoms with van der Waals surface area (Å²) in [5.41, 5.74) is 2.10. The summed E-state index contributed by atoms with van der Waals surface area (Å²) in [6.07, 6.45) is 2.34. The molecule has 136 valence electrons. The maximum absolute atomic E-state index is 12.8.